The molecule has 1 aliphatic rings. The SMILES string of the molecule is N#Cc1ccc(C(=O)C2=C(Cl)CCC/C2=N\O)cc1. The zero-order chi connectivity index (χ0) is 13.8. The number of ketones is 1. The van der Waals surface area contributed by atoms with Crippen LogP contribution in [-0.4, -0.2) is 16.7 Å². The molecule has 1 aromatic rings. The van der Waals surface area contributed by atoms with Gasteiger partial charge in [0, 0.05) is 10.6 Å². The van der Waals surface area contributed by atoms with Crippen molar-refractivity contribution < 1.29 is 10.0 Å². The van der Waals surface area contributed by atoms with Crippen molar-refractivity contribution >= 4 is 23.1 Å². The maximum atomic E-state index is 12.4. The first-order valence-electron chi connectivity index (χ1n) is 5.82. The molecule has 0 atom stereocenters. The summed E-state index contributed by atoms with van der Waals surface area (Å²) in [6.45, 7) is 0. The first kappa shape index (κ1) is 13.3. The molecule has 0 bridgehead atoms. The van der Waals surface area contributed by atoms with Gasteiger partial charge in [0.15, 0.2) is 5.78 Å². The van der Waals surface area contributed by atoms with Gasteiger partial charge in [-0.3, -0.25) is 4.79 Å². The summed E-state index contributed by atoms with van der Waals surface area (Å²) < 4.78 is 0. The molecule has 0 aromatic heterocycles. The van der Waals surface area contributed by atoms with E-state index in [1.54, 1.807) is 24.3 Å². The quantitative estimate of drug-likeness (QED) is 0.511. The number of benzene rings is 1. The molecule has 19 heavy (non-hydrogen) atoms. The molecule has 4 nitrogen and oxygen atoms in total. The van der Waals surface area contributed by atoms with Crippen molar-refractivity contribution in [3.05, 3.63) is 46.0 Å². The van der Waals surface area contributed by atoms with Gasteiger partial charge >= 0.3 is 0 Å². The molecule has 0 aliphatic heterocycles. The van der Waals surface area contributed by atoms with E-state index in [1.165, 1.54) is 0 Å². The van der Waals surface area contributed by atoms with Crippen molar-refractivity contribution in [3.8, 4) is 6.07 Å². The van der Waals surface area contributed by atoms with Crippen molar-refractivity contribution in [1.82, 2.24) is 0 Å². The third-order valence-electron chi connectivity index (χ3n) is 2.99. The minimum absolute atomic E-state index is 0.276. The van der Waals surface area contributed by atoms with Crippen molar-refractivity contribution in [2.75, 3.05) is 0 Å². The lowest BCUT2D eigenvalue weighted by atomic mass is 9.91. The summed E-state index contributed by atoms with van der Waals surface area (Å²) in [6, 6.07) is 8.27. The van der Waals surface area contributed by atoms with Gasteiger partial charge in [-0.05, 0) is 43.5 Å². The molecule has 1 aliphatic carbocycles. The molecule has 0 saturated carbocycles. The highest BCUT2D eigenvalue weighted by molar-refractivity contribution is 6.39. The van der Waals surface area contributed by atoms with E-state index in [4.69, 9.17) is 22.1 Å². The number of hydrogen-bond donors (Lipinski definition) is 1. The van der Waals surface area contributed by atoms with Gasteiger partial charge in [-0.1, -0.05) is 16.8 Å². The number of allylic oxidation sites excluding steroid dienone is 2. The lowest BCUT2D eigenvalue weighted by Gasteiger charge is -2.16. The number of rotatable bonds is 2. The van der Waals surface area contributed by atoms with E-state index < -0.39 is 0 Å². The van der Waals surface area contributed by atoms with E-state index in [9.17, 15) is 4.79 Å². The fourth-order valence-electron chi connectivity index (χ4n) is 2.01. The molecule has 96 valence electrons. The van der Waals surface area contributed by atoms with Crippen molar-refractivity contribution in [2.45, 2.75) is 19.3 Å². The standard InChI is InChI=1S/C14H11ClN2O2/c15-11-2-1-3-12(17-19)13(11)14(18)10-6-4-9(8-16)5-7-10/h4-7,19H,1-3H2/b17-12+. The van der Waals surface area contributed by atoms with Gasteiger partial charge in [-0.25, -0.2) is 0 Å². The summed E-state index contributed by atoms with van der Waals surface area (Å²) in [7, 11) is 0. The highest BCUT2D eigenvalue weighted by atomic mass is 35.5. The molecule has 1 aromatic carbocycles. The maximum absolute atomic E-state index is 12.4. The van der Waals surface area contributed by atoms with Gasteiger partial charge in [0.2, 0.25) is 0 Å². The van der Waals surface area contributed by atoms with Crippen LogP contribution in [0.5, 0.6) is 0 Å². The van der Waals surface area contributed by atoms with E-state index in [2.05, 4.69) is 5.16 Å². The van der Waals surface area contributed by atoms with Gasteiger partial charge in [0.1, 0.15) is 0 Å². The number of oxime groups is 1. The summed E-state index contributed by atoms with van der Waals surface area (Å²) in [5, 5.41) is 21.3. The minimum atomic E-state index is -0.276. The van der Waals surface area contributed by atoms with E-state index in [-0.39, 0.29) is 11.4 Å². The fraction of sp³-hybridized carbons (Fsp3) is 0.214. The van der Waals surface area contributed by atoms with Crippen LogP contribution in [0.2, 0.25) is 0 Å². The molecule has 0 spiro atoms. The maximum Gasteiger partial charge on any atom is 0.196 e. The fourth-order valence-corrected chi connectivity index (χ4v) is 2.34. The van der Waals surface area contributed by atoms with Crippen LogP contribution in [-0.2, 0) is 0 Å². The Morgan fingerprint density at radius 3 is 2.58 bits per heavy atom. The number of carbonyl (C=O) groups is 1. The normalized spacial score (nSPS) is 17.4. The second-order valence-corrected chi connectivity index (χ2v) is 4.65. The minimum Gasteiger partial charge on any atom is -0.411 e. The predicted molar refractivity (Wildman–Crippen MR) is 71.4 cm³/mol. The molecule has 0 amide bonds. The summed E-state index contributed by atoms with van der Waals surface area (Å²) in [5.41, 5.74) is 1.51. The van der Waals surface area contributed by atoms with Crippen LogP contribution in [0.4, 0.5) is 0 Å². The number of nitriles is 1. The van der Waals surface area contributed by atoms with Gasteiger partial charge in [-0.2, -0.15) is 5.26 Å². The van der Waals surface area contributed by atoms with E-state index in [0.29, 0.717) is 34.7 Å². The molecule has 1 N–H and O–H groups in total. The van der Waals surface area contributed by atoms with Crippen LogP contribution < -0.4 is 0 Å². The van der Waals surface area contributed by atoms with E-state index >= 15 is 0 Å². The van der Waals surface area contributed by atoms with Crippen LogP contribution in [0.3, 0.4) is 0 Å². The van der Waals surface area contributed by atoms with Gasteiger partial charge in [0.05, 0.1) is 22.9 Å². The largest absolute Gasteiger partial charge is 0.411 e. The highest BCUT2D eigenvalue weighted by Gasteiger charge is 2.25. The third-order valence-corrected chi connectivity index (χ3v) is 3.37. The third kappa shape index (κ3) is 2.67. The Morgan fingerprint density at radius 1 is 1.32 bits per heavy atom. The topological polar surface area (TPSA) is 73.5 Å². The molecule has 5 heteroatoms. The van der Waals surface area contributed by atoms with Gasteiger partial charge < -0.3 is 5.21 Å². The average molecular weight is 275 g/mol. The van der Waals surface area contributed by atoms with Gasteiger partial charge in [-0.15, -0.1) is 0 Å². The van der Waals surface area contributed by atoms with Gasteiger partial charge in [0.25, 0.3) is 0 Å². The van der Waals surface area contributed by atoms with E-state index in [1.807, 2.05) is 6.07 Å². The monoisotopic (exact) mass is 274 g/mol. The van der Waals surface area contributed by atoms with Crippen molar-refractivity contribution in [1.29, 1.82) is 5.26 Å². The molecule has 0 radical (unpaired) electrons. The lowest BCUT2D eigenvalue weighted by Crippen LogP contribution is -2.18. The van der Waals surface area contributed by atoms with Crippen LogP contribution in [0, 0.1) is 11.3 Å². The Kier molecular flexibility index (Phi) is 3.98. The zero-order valence-corrected chi connectivity index (χ0v) is 10.8. The molecule has 0 unspecified atom stereocenters. The smallest absolute Gasteiger partial charge is 0.196 e. The molecular weight excluding hydrogens is 264 g/mol. The molecular formula is C14H11ClN2O2. The molecule has 0 saturated heterocycles. The van der Waals surface area contributed by atoms with Crippen LogP contribution >= 0.6 is 11.6 Å². The Balaban J connectivity index is 2.40. The van der Waals surface area contributed by atoms with Crippen molar-refractivity contribution in [3.63, 3.8) is 0 Å². The number of nitrogens with zero attached hydrogens (tertiary/aromatic N) is 2. The first-order valence-corrected chi connectivity index (χ1v) is 6.20. The summed E-state index contributed by atoms with van der Waals surface area (Å²) in [5.74, 6) is -0.276. The molecule has 0 fully saturated rings. The van der Waals surface area contributed by atoms with Crippen LogP contribution in [0.15, 0.2) is 40.0 Å². The average Bonchev–Trinajstić information content (AvgIpc) is 2.46. The second kappa shape index (κ2) is 5.68. The summed E-state index contributed by atoms with van der Waals surface area (Å²) >= 11 is 6.07. The van der Waals surface area contributed by atoms with Crippen LogP contribution in [0.25, 0.3) is 0 Å². The Bertz CT molecular complexity index is 609. The summed E-state index contributed by atoms with van der Waals surface area (Å²) in [6.07, 6.45) is 1.91. The number of carbonyl (C=O) groups excluding carboxylic acids is 1. The molecule has 0 heterocycles. The van der Waals surface area contributed by atoms with E-state index in [0.717, 1.165) is 6.42 Å². The second-order valence-electron chi connectivity index (χ2n) is 4.20. The highest BCUT2D eigenvalue weighted by Crippen LogP contribution is 2.28. The number of Topliss-reactive ketones (excluding diaryl/α,β-unsaturated/α-hetero) is 1. The number of hydrogen-bond acceptors (Lipinski definition) is 4. The van der Waals surface area contributed by atoms with Crippen LogP contribution in [0.1, 0.15) is 35.2 Å². The lowest BCUT2D eigenvalue weighted by molar-refractivity contribution is 0.103. The zero-order valence-electron chi connectivity index (χ0n) is 10.1. The Hall–Kier alpha value is -2.12. The summed E-state index contributed by atoms with van der Waals surface area (Å²) in [4.78, 5) is 12.4. The Morgan fingerprint density at radius 2 is 2.00 bits per heavy atom. The predicted octanol–water partition coefficient (Wildman–Crippen LogP) is 3.25. The number of halogens is 1. The Labute approximate surface area is 115 Å². The first-order chi connectivity index (χ1) is 9.17. The van der Waals surface area contributed by atoms with Crippen molar-refractivity contribution in [2.24, 2.45) is 5.16 Å². The molecule has 2 rings (SSSR count).